The van der Waals surface area contributed by atoms with E-state index >= 15 is 0 Å². The normalized spacial score (nSPS) is 10.9. The predicted molar refractivity (Wildman–Crippen MR) is 104 cm³/mol. The fourth-order valence-electron chi connectivity index (χ4n) is 2.28. The number of esters is 1. The van der Waals surface area contributed by atoms with Crippen molar-refractivity contribution in [1.29, 1.82) is 0 Å². The molecule has 0 bridgehead atoms. The zero-order chi connectivity index (χ0) is 20.4. The highest BCUT2D eigenvalue weighted by molar-refractivity contribution is 6.05. The highest BCUT2D eigenvalue weighted by Gasteiger charge is 2.14. The summed E-state index contributed by atoms with van der Waals surface area (Å²) in [6.07, 6.45) is 1.93. The van der Waals surface area contributed by atoms with Crippen molar-refractivity contribution in [3.05, 3.63) is 71.4 Å². The first-order valence-corrected chi connectivity index (χ1v) is 8.75. The smallest absolute Gasteiger partial charge is 0.308 e. The topological polar surface area (TPSA) is 105 Å². The van der Waals surface area contributed by atoms with Gasteiger partial charge in [-0.2, -0.15) is 0 Å². The lowest BCUT2D eigenvalue weighted by Gasteiger charge is -2.11. The molecule has 0 aliphatic carbocycles. The Morgan fingerprint density at radius 2 is 1.71 bits per heavy atom. The lowest BCUT2D eigenvalue weighted by atomic mass is 10.1. The molecule has 0 aliphatic heterocycles. The number of ether oxygens (including phenoxy) is 1. The molecule has 0 aromatic heterocycles. The minimum atomic E-state index is -0.471. The fraction of sp³-hybridized carbons (Fsp3) is 0.190. The number of nitrogens with one attached hydrogen (secondary N) is 2. The maximum Gasteiger partial charge on any atom is 0.308 e. The molecule has 0 fully saturated rings. The third kappa shape index (κ3) is 6.69. The van der Waals surface area contributed by atoms with Crippen molar-refractivity contribution >= 4 is 23.9 Å². The van der Waals surface area contributed by atoms with E-state index in [1.807, 2.05) is 0 Å². The molecule has 2 aromatic rings. The Hall–Kier alpha value is -3.45. The second kappa shape index (κ2) is 10.6. The Kier molecular flexibility index (Phi) is 7.92. The quantitative estimate of drug-likeness (QED) is 0.280. The maximum absolute atomic E-state index is 12.5. The summed E-state index contributed by atoms with van der Waals surface area (Å²) >= 11 is 0. The van der Waals surface area contributed by atoms with Crippen LogP contribution in [0, 0.1) is 0 Å². The summed E-state index contributed by atoms with van der Waals surface area (Å²) < 4.78 is 4.98. The van der Waals surface area contributed by atoms with Crippen molar-refractivity contribution < 1.29 is 24.2 Å². The summed E-state index contributed by atoms with van der Waals surface area (Å²) in [7, 11) is 0. The molecule has 146 valence electrons. The van der Waals surface area contributed by atoms with Crippen LogP contribution in [0.3, 0.4) is 0 Å². The van der Waals surface area contributed by atoms with Crippen molar-refractivity contribution in [1.82, 2.24) is 10.6 Å². The number of carbonyl (C=O) groups is 3. The van der Waals surface area contributed by atoms with Crippen LogP contribution in [0.5, 0.6) is 5.75 Å². The second-order valence-electron chi connectivity index (χ2n) is 5.87. The molecule has 2 aromatic carbocycles. The average molecular weight is 382 g/mol. The Morgan fingerprint density at radius 1 is 1.04 bits per heavy atom. The molecule has 0 radical (unpaired) electrons. The van der Waals surface area contributed by atoms with E-state index in [0.717, 1.165) is 0 Å². The Morgan fingerprint density at radius 3 is 2.32 bits per heavy atom. The van der Waals surface area contributed by atoms with E-state index in [4.69, 9.17) is 9.84 Å². The average Bonchev–Trinajstić information content (AvgIpc) is 2.69. The van der Waals surface area contributed by atoms with Gasteiger partial charge >= 0.3 is 5.97 Å². The van der Waals surface area contributed by atoms with Gasteiger partial charge in [-0.15, -0.1) is 0 Å². The number of hydrogen-bond acceptors (Lipinski definition) is 5. The zero-order valence-electron chi connectivity index (χ0n) is 15.5. The molecular formula is C21H22N2O5. The number of amides is 2. The number of benzene rings is 2. The molecule has 0 saturated heterocycles. The molecule has 2 amide bonds. The zero-order valence-corrected chi connectivity index (χ0v) is 15.5. The van der Waals surface area contributed by atoms with Crippen molar-refractivity contribution in [2.75, 3.05) is 13.2 Å². The lowest BCUT2D eigenvalue weighted by Crippen LogP contribution is -2.35. The van der Waals surface area contributed by atoms with E-state index in [1.54, 1.807) is 54.6 Å². The van der Waals surface area contributed by atoms with E-state index in [-0.39, 0.29) is 18.8 Å². The fourth-order valence-corrected chi connectivity index (χ4v) is 2.28. The van der Waals surface area contributed by atoms with Crippen LogP contribution in [-0.2, 0) is 9.59 Å². The molecule has 0 aliphatic rings. The van der Waals surface area contributed by atoms with Gasteiger partial charge in [0, 0.05) is 25.6 Å². The summed E-state index contributed by atoms with van der Waals surface area (Å²) in [5.41, 5.74) is 1.12. The van der Waals surface area contributed by atoms with Gasteiger partial charge in [0.15, 0.2) is 0 Å². The molecule has 0 spiro atoms. The van der Waals surface area contributed by atoms with Gasteiger partial charge in [-0.25, -0.2) is 0 Å². The second-order valence-corrected chi connectivity index (χ2v) is 5.87. The van der Waals surface area contributed by atoms with Crippen LogP contribution < -0.4 is 15.4 Å². The summed E-state index contributed by atoms with van der Waals surface area (Å²) in [4.78, 5) is 35.9. The van der Waals surface area contributed by atoms with Gasteiger partial charge in [0.2, 0.25) is 0 Å². The minimum Gasteiger partial charge on any atom is -0.427 e. The summed E-state index contributed by atoms with van der Waals surface area (Å²) in [5, 5.41) is 14.1. The van der Waals surface area contributed by atoms with Crippen LogP contribution >= 0.6 is 0 Å². The van der Waals surface area contributed by atoms with E-state index in [2.05, 4.69) is 10.6 Å². The maximum atomic E-state index is 12.5. The largest absolute Gasteiger partial charge is 0.427 e. The Balaban J connectivity index is 2.21. The minimum absolute atomic E-state index is 0.0483. The Labute approximate surface area is 163 Å². The highest BCUT2D eigenvalue weighted by atomic mass is 16.5. The Bertz CT molecular complexity index is 845. The van der Waals surface area contributed by atoms with Gasteiger partial charge in [-0.3, -0.25) is 14.4 Å². The lowest BCUT2D eigenvalue weighted by molar-refractivity contribution is -0.131. The molecule has 0 saturated carbocycles. The SMILES string of the molecule is CC(=O)Oc1ccc(/C=C(\NC(=O)c2ccccc2)C(=O)NCCCO)cc1. The summed E-state index contributed by atoms with van der Waals surface area (Å²) in [6.45, 7) is 1.54. The number of aliphatic hydroxyl groups is 1. The van der Waals surface area contributed by atoms with Gasteiger partial charge in [-0.1, -0.05) is 30.3 Å². The van der Waals surface area contributed by atoms with Crippen molar-refractivity contribution in [3.8, 4) is 5.75 Å². The molecular weight excluding hydrogens is 360 g/mol. The van der Waals surface area contributed by atoms with Crippen molar-refractivity contribution in [2.24, 2.45) is 0 Å². The van der Waals surface area contributed by atoms with Gasteiger partial charge in [0.1, 0.15) is 11.4 Å². The monoisotopic (exact) mass is 382 g/mol. The van der Waals surface area contributed by atoms with Crippen molar-refractivity contribution in [2.45, 2.75) is 13.3 Å². The first kappa shape index (κ1) is 20.9. The van der Waals surface area contributed by atoms with Crippen LogP contribution in [-0.4, -0.2) is 36.0 Å². The summed E-state index contributed by atoms with van der Waals surface area (Å²) in [6, 6.07) is 15.0. The van der Waals surface area contributed by atoms with E-state index in [0.29, 0.717) is 23.3 Å². The molecule has 7 nitrogen and oxygen atoms in total. The molecule has 0 heterocycles. The molecule has 0 unspecified atom stereocenters. The number of hydrogen-bond donors (Lipinski definition) is 3. The van der Waals surface area contributed by atoms with E-state index in [1.165, 1.54) is 13.0 Å². The van der Waals surface area contributed by atoms with Crippen LogP contribution in [0.25, 0.3) is 6.08 Å². The van der Waals surface area contributed by atoms with Gasteiger partial charge in [0.05, 0.1) is 0 Å². The summed E-state index contributed by atoms with van der Waals surface area (Å²) in [5.74, 6) is -0.934. The van der Waals surface area contributed by atoms with Crippen LogP contribution in [0.1, 0.15) is 29.3 Å². The predicted octanol–water partition coefficient (Wildman–Crippen LogP) is 1.88. The molecule has 28 heavy (non-hydrogen) atoms. The highest BCUT2D eigenvalue weighted by Crippen LogP contribution is 2.15. The third-order valence-electron chi connectivity index (χ3n) is 3.60. The molecule has 0 atom stereocenters. The van der Waals surface area contributed by atoms with E-state index in [9.17, 15) is 14.4 Å². The third-order valence-corrected chi connectivity index (χ3v) is 3.60. The van der Waals surface area contributed by atoms with Crippen LogP contribution in [0.2, 0.25) is 0 Å². The molecule has 7 heteroatoms. The number of aliphatic hydroxyl groups excluding tert-OH is 1. The van der Waals surface area contributed by atoms with E-state index < -0.39 is 17.8 Å². The molecule has 2 rings (SSSR count). The first-order chi connectivity index (χ1) is 13.5. The molecule has 3 N–H and O–H groups in total. The number of rotatable bonds is 8. The van der Waals surface area contributed by atoms with Crippen molar-refractivity contribution in [3.63, 3.8) is 0 Å². The van der Waals surface area contributed by atoms with Gasteiger partial charge in [-0.05, 0) is 42.3 Å². The van der Waals surface area contributed by atoms with Crippen LogP contribution in [0.15, 0.2) is 60.3 Å². The van der Waals surface area contributed by atoms with Crippen LogP contribution in [0.4, 0.5) is 0 Å². The first-order valence-electron chi connectivity index (χ1n) is 8.75. The number of carbonyl (C=O) groups excluding carboxylic acids is 3. The van der Waals surface area contributed by atoms with Gasteiger partial charge < -0.3 is 20.5 Å². The standard InChI is InChI=1S/C21H22N2O5/c1-15(25)28-18-10-8-16(9-11-18)14-19(21(27)22-12-5-13-24)23-20(26)17-6-3-2-4-7-17/h2-4,6-11,14,24H,5,12-13H2,1H3,(H,22,27)(H,23,26)/b19-14-. The van der Waals surface area contributed by atoms with Gasteiger partial charge in [0.25, 0.3) is 11.8 Å².